The Morgan fingerprint density at radius 2 is 0.789 bits per heavy atom. The number of aromatic nitrogens is 1. The summed E-state index contributed by atoms with van der Waals surface area (Å²) in [5, 5.41) is 2.56. The van der Waals surface area contributed by atoms with E-state index in [9.17, 15) is 0 Å². The highest BCUT2D eigenvalue weighted by atomic mass is 15.1. The highest BCUT2D eigenvalue weighted by molar-refractivity contribution is 6.09. The third kappa shape index (κ3) is 5.52. The van der Waals surface area contributed by atoms with Gasteiger partial charge in [-0.25, -0.2) is 0 Å². The molecule has 0 N–H and O–H groups in total. The van der Waals surface area contributed by atoms with Gasteiger partial charge in [0.05, 0.1) is 16.4 Å². The van der Waals surface area contributed by atoms with Crippen molar-refractivity contribution < 1.29 is 0 Å². The van der Waals surface area contributed by atoms with Crippen LogP contribution in [0.3, 0.4) is 0 Å². The Morgan fingerprint density at radius 1 is 0.355 bits per heavy atom. The average molecular weight is 975 g/mol. The zero-order valence-electron chi connectivity index (χ0n) is 43.2. The van der Waals surface area contributed by atoms with E-state index in [0.717, 1.165) is 11.8 Å². The van der Waals surface area contributed by atoms with E-state index in [1.165, 1.54) is 143 Å². The number of fused-ring (bicyclic) bond motifs is 15. The molecule has 4 saturated carbocycles. The lowest BCUT2D eigenvalue weighted by atomic mass is 9.38. The Bertz CT molecular complexity index is 4100. The first-order chi connectivity index (χ1) is 37.4. The summed E-state index contributed by atoms with van der Waals surface area (Å²) >= 11 is 0. The van der Waals surface area contributed by atoms with Gasteiger partial charge in [0.25, 0.3) is 0 Å². The van der Waals surface area contributed by atoms with Gasteiger partial charge < -0.3 is 9.47 Å². The molecule has 18 rings (SSSR count). The lowest BCUT2D eigenvalue weighted by Gasteiger charge is -2.65. The fourth-order valence-corrected chi connectivity index (χ4v) is 17.5. The predicted octanol–water partition coefficient (Wildman–Crippen LogP) is 18.6. The Hall–Kier alpha value is -8.20. The summed E-state index contributed by atoms with van der Waals surface area (Å²) in [5.41, 5.74) is 26.3. The molecule has 1 heterocycles. The first-order valence-electron chi connectivity index (χ1n) is 28.1. The van der Waals surface area contributed by atoms with E-state index in [0.29, 0.717) is 11.8 Å². The van der Waals surface area contributed by atoms with Gasteiger partial charge in [-0.05, 0) is 194 Å². The molecule has 7 aliphatic rings. The molecule has 0 unspecified atom stereocenters. The molecule has 76 heavy (non-hydrogen) atoms. The maximum Gasteiger partial charge on any atom is 0.0719 e. The maximum atomic E-state index is 2.73. The number of para-hydroxylation sites is 2. The summed E-state index contributed by atoms with van der Waals surface area (Å²) in [6, 6.07) is 89.0. The number of anilines is 3. The molecular formula is C74H58N2. The van der Waals surface area contributed by atoms with Gasteiger partial charge in [0.15, 0.2) is 0 Å². The molecule has 364 valence electrons. The van der Waals surface area contributed by atoms with E-state index < -0.39 is 5.41 Å². The van der Waals surface area contributed by atoms with Gasteiger partial charge in [-0.2, -0.15) is 0 Å². The summed E-state index contributed by atoms with van der Waals surface area (Å²) in [6.45, 7) is 4.83. The monoisotopic (exact) mass is 974 g/mol. The smallest absolute Gasteiger partial charge is 0.0719 e. The topological polar surface area (TPSA) is 8.17 Å². The van der Waals surface area contributed by atoms with Gasteiger partial charge in [0.1, 0.15) is 0 Å². The largest absolute Gasteiger partial charge is 0.310 e. The van der Waals surface area contributed by atoms with Crippen molar-refractivity contribution in [1.82, 2.24) is 4.57 Å². The normalized spacial score (nSPS) is 22.1. The van der Waals surface area contributed by atoms with Crippen LogP contribution in [-0.2, 0) is 16.2 Å². The molecule has 0 saturated heterocycles. The van der Waals surface area contributed by atoms with Gasteiger partial charge in [-0.15, -0.1) is 0 Å². The lowest BCUT2D eigenvalue weighted by molar-refractivity contribution is -0.0440. The molecule has 10 aromatic carbocycles. The van der Waals surface area contributed by atoms with Crippen molar-refractivity contribution >= 4 is 38.9 Å². The SMILES string of the molecule is CC1(C)c2ccccc2-c2ccc(N(c3ccc(-c4ccc(-n5c6ccccc6c6ccccc65)cc4)cc3)c3ccc4c(c3)C3(c5ccccc5C45c4ccccc4-c4ccccc45)C4CC5CC(C4)CC3C5)cc21. The van der Waals surface area contributed by atoms with E-state index >= 15 is 0 Å². The fourth-order valence-electron chi connectivity index (χ4n) is 17.5. The van der Waals surface area contributed by atoms with Crippen LogP contribution in [0.1, 0.15) is 90.5 Å². The molecule has 4 bridgehead atoms. The van der Waals surface area contributed by atoms with Crippen molar-refractivity contribution in [1.29, 1.82) is 0 Å². The summed E-state index contributed by atoms with van der Waals surface area (Å²) < 4.78 is 2.41. The van der Waals surface area contributed by atoms with E-state index in [1.54, 1.807) is 11.1 Å². The minimum absolute atomic E-state index is 0.0738. The Balaban J connectivity index is 0.863. The van der Waals surface area contributed by atoms with Crippen molar-refractivity contribution in [3.63, 3.8) is 0 Å². The molecule has 0 atom stereocenters. The average Bonchev–Trinajstić information content (AvgIpc) is 4.20. The summed E-state index contributed by atoms with van der Waals surface area (Å²) in [6.07, 6.45) is 6.75. The highest BCUT2D eigenvalue weighted by Crippen LogP contribution is 2.72. The number of rotatable bonds is 5. The Morgan fingerprint density at radius 3 is 1.39 bits per heavy atom. The summed E-state index contributed by atoms with van der Waals surface area (Å²) in [7, 11) is 0. The van der Waals surface area contributed by atoms with E-state index in [-0.39, 0.29) is 10.8 Å². The van der Waals surface area contributed by atoms with E-state index in [4.69, 9.17) is 0 Å². The number of benzene rings is 10. The zero-order valence-corrected chi connectivity index (χ0v) is 43.2. The quantitative estimate of drug-likeness (QED) is 0.167. The standard InChI is InChI=1S/C74H58N2/c1-72(2)62-20-8-3-15-56(62)59-37-35-54(44-68(59)72)75(52-31-27-48(28-32-52)49-29-33-53(34-30-49)76-70-25-13-6-18-60(70)61-19-7-14-26-71(61)76)55-36-38-67-69(45-55)73(50-40-46-39-47(42-50)43-51(73)41-46)65-23-11-12-24-66(65)74(67)63-21-9-4-16-57(63)58-17-5-10-22-64(58)74/h3-38,44-47,50-51H,39-43H2,1-2H3. The van der Waals surface area contributed by atoms with Gasteiger partial charge >= 0.3 is 0 Å². The van der Waals surface area contributed by atoms with Crippen LogP contribution in [0.2, 0.25) is 0 Å². The molecule has 4 fully saturated rings. The number of hydrogen-bond acceptors (Lipinski definition) is 1. The molecule has 2 spiro atoms. The van der Waals surface area contributed by atoms with E-state index in [1.807, 2.05) is 0 Å². The highest BCUT2D eigenvalue weighted by Gasteiger charge is 2.64. The number of nitrogens with zero attached hydrogens (tertiary/aromatic N) is 2. The van der Waals surface area contributed by atoms with Crippen LogP contribution < -0.4 is 4.90 Å². The lowest BCUT2D eigenvalue weighted by Crippen LogP contribution is -2.59. The number of hydrogen-bond donors (Lipinski definition) is 0. The van der Waals surface area contributed by atoms with Crippen molar-refractivity contribution in [2.24, 2.45) is 23.7 Å². The second-order valence-corrected chi connectivity index (χ2v) is 24.0. The van der Waals surface area contributed by atoms with Gasteiger partial charge in [-0.1, -0.05) is 184 Å². The molecule has 2 nitrogen and oxygen atoms in total. The molecule has 7 aliphatic carbocycles. The van der Waals surface area contributed by atoms with Crippen LogP contribution in [0.4, 0.5) is 17.1 Å². The van der Waals surface area contributed by atoms with Crippen LogP contribution in [0, 0.1) is 23.7 Å². The molecular weight excluding hydrogens is 917 g/mol. The molecule has 2 heteroatoms. The van der Waals surface area contributed by atoms with Crippen molar-refractivity contribution in [3.05, 3.63) is 275 Å². The Labute approximate surface area is 446 Å². The zero-order chi connectivity index (χ0) is 50.1. The van der Waals surface area contributed by atoms with Crippen LogP contribution in [0.15, 0.2) is 231 Å². The van der Waals surface area contributed by atoms with Crippen molar-refractivity contribution in [2.75, 3.05) is 4.90 Å². The molecule has 0 amide bonds. The maximum absolute atomic E-state index is 2.73. The minimum atomic E-state index is -0.426. The van der Waals surface area contributed by atoms with Crippen molar-refractivity contribution in [2.45, 2.75) is 62.2 Å². The second kappa shape index (κ2) is 15.5. The van der Waals surface area contributed by atoms with Gasteiger partial charge in [-0.3, -0.25) is 0 Å². The predicted molar refractivity (Wildman–Crippen MR) is 314 cm³/mol. The molecule has 1 aromatic heterocycles. The Kier molecular flexibility index (Phi) is 8.76. The van der Waals surface area contributed by atoms with Crippen LogP contribution in [0.25, 0.3) is 60.9 Å². The summed E-state index contributed by atoms with van der Waals surface area (Å²) in [4.78, 5) is 2.60. The van der Waals surface area contributed by atoms with Crippen molar-refractivity contribution in [3.8, 4) is 39.1 Å². The second-order valence-electron chi connectivity index (χ2n) is 24.0. The summed E-state index contributed by atoms with van der Waals surface area (Å²) in [5.74, 6) is 2.90. The molecule has 11 aromatic rings. The van der Waals surface area contributed by atoms with Crippen LogP contribution in [0.5, 0.6) is 0 Å². The fraction of sp³-hybridized carbons (Fsp3) is 0.189. The molecule has 0 aliphatic heterocycles. The third-order valence-electron chi connectivity index (χ3n) is 20.3. The van der Waals surface area contributed by atoms with Crippen LogP contribution >= 0.6 is 0 Å². The van der Waals surface area contributed by atoms with Crippen LogP contribution in [-0.4, -0.2) is 4.57 Å². The van der Waals surface area contributed by atoms with Gasteiger partial charge in [0, 0.05) is 44.4 Å². The molecule has 0 radical (unpaired) electrons. The minimum Gasteiger partial charge on any atom is -0.310 e. The van der Waals surface area contributed by atoms with E-state index in [2.05, 4.69) is 254 Å². The first-order valence-corrected chi connectivity index (χ1v) is 28.1. The first kappa shape index (κ1) is 43.1. The third-order valence-corrected chi connectivity index (χ3v) is 20.3. The van der Waals surface area contributed by atoms with Gasteiger partial charge in [0.2, 0.25) is 0 Å².